The second kappa shape index (κ2) is 5.84. The lowest BCUT2D eigenvalue weighted by atomic mass is 9.85. The summed E-state index contributed by atoms with van der Waals surface area (Å²) in [7, 11) is 0. The Hall–Kier alpha value is -1.91. The number of rotatable bonds is 3. The quantitative estimate of drug-likeness (QED) is 0.896. The van der Waals surface area contributed by atoms with Crippen molar-refractivity contribution < 1.29 is 8.78 Å². The van der Waals surface area contributed by atoms with Gasteiger partial charge in [-0.2, -0.15) is 5.10 Å². The van der Waals surface area contributed by atoms with Gasteiger partial charge in [0, 0.05) is 22.9 Å². The average molecular weight is 291 g/mol. The number of benzene rings is 1. The van der Waals surface area contributed by atoms with E-state index in [1.165, 1.54) is 44.2 Å². The van der Waals surface area contributed by atoms with E-state index in [2.05, 4.69) is 10.2 Å². The third-order valence-electron chi connectivity index (χ3n) is 4.29. The summed E-state index contributed by atoms with van der Waals surface area (Å²) in [5, 5.41) is 6.94. The van der Waals surface area contributed by atoms with E-state index in [1.54, 1.807) is 0 Å². The second-order valence-electron chi connectivity index (χ2n) is 5.79. The average Bonchev–Trinajstić information content (AvgIpc) is 2.81. The number of nitrogens with zero attached hydrogens (tertiary/aromatic N) is 1. The van der Waals surface area contributed by atoms with Gasteiger partial charge in [-0.3, -0.25) is 5.10 Å². The first-order valence-electron chi connectivity index (χ1n) is 7.43. The van der Waals surface area contributed by atoms with E-state index in [0.29, 0.717) is 17.0 Å². The fourth-order valence-corrected chi connectivity index (χ4v) is 3.21. The Bertz CT molecular complexity index is 630. The minimum atomic E-state index is -0.604. The number of nitrogens with one attached hydrogen (secondary N) is 1. The molecule has 0 unspecified atom stereocenters. The Morgan fingerprint density at radius 2 is 1.95 bits per heavy atom. The number of nitrogen functional groups attached to an aromatic ring is 1. The highest BCUT2D eigenvalue weighted by atomic mass is 19.1. The number of halogens is 2. The molecule has 1 aromatic carbocycles. The van der Waals surface area contributed by atoms with Crippen LogP contribution in [0, 0.1) is 17.6 Å². The predicted octanol–water partition coefficient (Wildman–Crippen LogP) is 4.06. The van der Waals surface area contributed by atoms with Crippen molar-refractivity contribution in [3.63, 3.8) is 0 Å². The van der Waals surface area contributed by atoms with E-state index in [1.807, 2.05) is 0 Å². The van der Waals surface area contributed by atoms with Crippen LogP contribution in [0.2, 0.25) is 0 Å². The van der Waals surface area contributed by atoms with Gasteiger partial charge in [0.05, 0.1) is 0 Å². The molecule has 0 spiro atoms. The molecule has 112 valence electrons. The van der Waals surface area contributed by atoms with Gasteiger partial charge >= 0.3 is 0 Å². The van der Waals surface area contributed by atoms with E-state index < -0.39 is 11.6 Å². The normalized spacial score (nSPS) is 16.3. The van der Waals surface area contributed by atoms with E-state index in [-0.39, 0.29) is 5.82 Å². The van der Waals surface area contributed by atoms with Crippen LogP contribution in [0.4, 0.5) is 14.6 Å². The molecule has 1 saturated carbocycles. The molecule has 5 heteroatoms. The van der Waals surface area contributed by atoms with Crippen molar-refractivity contribution >= 4 is 5.82 Å². The predicted molar refractivity (Wildman–Crippen MR) is 78.6 cm³/mol. The van der Waals surface area contributed by atoms with Crippen molar-refractivity contribution in [3.8, 4) is 11.1 Å². The second-order valence-corrected chi connectivity index (χ2v) is 5.79. The lowest BCUT2D eigenvalue weighted by Crippen LogP contribution is -2.10. The molecule has 0 radical (unpaired) electrons. The molecule has 1 fully saturated rings. The third-order valence-corrected chi connectivity index (χ3v) is 4.29. The SMILES string of the molecule is Nc1n[nH]c(CC2CCCCC2)c1-c1ccc(F)cc1F. The summed E-state index contributed by atoms with van der Waals surface area (Å²) < 4.78 is 27.1. The van der Waals surface area contributed by atoms with Crippen LogP contribution in [0.5, 0.6) is 0 Å². The van der Waals surface area contributed by atoms with Crippen molar-refractivity contribution in [1.29, 1.82) is 0 Å². The Kier molecular flexibility index (Phi) is 3.90. The van der Waals surface area contributed by atoms with Gasteiger partial charge in [0.1, 0.15) is 11.6 Å². The van der Waals surface area contributed by atoms with Crippen molar-refractivity contribution in [2.75, 3.05) is 5.73 Å². The molecular weight excluding hydrogens is 272 g/mol. The first kappa shape index (κ1) is 14.0. The number of hydrogen-bond acceptors (Lipinski definition) is 2. The molecule has 3 rings (SSSR count). The maximum absolute atomic E-state index is 14.0. The number of anilines is 1. The van der Waals surface area contributed by atoms with Crippen LogP contribution >= 0.6 is 0 Å². The van der Waals surface area contributed by atoms with E-state index in [4.69, 9.17) is 5.73 Å². The molecule has 1 aromatic heterocycles. The molecule has 0 saturated heterocycles. The number of H-pyrrole nitrogens is 1. The zero-order valence-electron chi connectivity index (χ0n) is 11.8. The van der Waals surface area contributed by atoms with Gasteiger partial charge in [-0.15, -0.1) is 0 Å². The first-order chi connectivity index (χ1) is 10.1. The number of aromatic nitrogens is 2. The molecule has 0 amide bonds. The Morgan fingerprint density at radius 3 is 2.67 bits per heavy atom. The Labute approximate surface area is 122 Å². The molecule has 0 aliphatic heterocycles. The third kappa shape index (κ3) is 2.91. The summed E-state index contributed by atoms with van der Waals surface area (Å²) in [4.78, 5) is 0. The molecule has 0 bridgehead atoms. The zero-order valence-corrected chi connectivity index (χ0v) is 11.8. The standard InChI is InChI=1S/C16H19F2N3/c17-11-6-7-12(13(18)9-11)15-14(20-21-16(15)19)8-10-4-2-1-3-5-10/h6-7,9-10H,1-5,8H2,(H3,19,20,21). The smallest absolute Gasteiger partial charge is 0.153 e. The van der Waals surface area contributed by atoms with E-state index in [0.717, 1.165) is 18.2 Å². The summed E-state index contributed by atoms with van der Waals surface area (Å²) in [6, 6.07) is 3.55. The molecule has 0 atom stereocenters. The summed E-state index contributed by atoms with van der Waals surface area (Å²) in [6.07, 6.45) is 6.97. The van der Waals surface area contributed by atoms with Crippen molar-refractivity contribution in [3.05, 3.63) is 35.5 Å². The van der Waals surface area contributed by atoms with Crippen LogP contribution in [-0.4, -0.2) is 10.2 Å². The topological polar surface area (TPSA) is 54.7 Å². The fourth-order valence-electron chi connectivity index (χ4n) is 3.21. The molecule has 2 aromatic rings. The maximum Gasteiger partial charge on any atom is 0.153 e. The molecule has 1 aliphatic carbocycles. The van der Waals surface area contributed by atoms with Crippen molar-refractivity contribution in [1.82, 2.24) is 10.2 Å². The molecular formula is C16H19F2N3. The molecule has 1 aliphatic rings. The Morgan fingerprint density at radius 1 is 1.19 bits per heavy atom. The molecule has 3 N–H and O–H groups in total. The minimum absolute atomic E-state index is 0.270. The van der Waals surface area contributed by atoms with Crippen LogP contribution in [0.15, 0.2) is 18.2 Å². The largest absolute Gasteiger partial charge is 0.382 e. The molecule has 3 nitrogen and oxygen atoms in total. The number of hydrogen-bond donors (Lipinski definition) is 2. The van der Waals surface area contributed by atoms with Crippen LogP contribution in [0.3, 0.4) is 0 Å². The van der Waals surface area contributed by atoms with Crippen LogP contribution < -0.4 is 5.73 Å². The minimum Gasteiger partial charge on any atom is -0.382 e. The lowest BCUT2D eigenvalue weighted by Gasteiger charge is -2.21. The zero-order chi connectivity index (χ0) is 14.8. The Balaban J connectivity index is 1.92. The molecule has 21 heavy (non-hydrogen) atoms. The highest BCUT2D eigenvalue weighted by Crippen LogP contribution is 2.34. The van der Waals surface area contributed by atoms with E-state index in [9.17, 15) is 8.78 Å². The summed E-state index contributed by atoms with van der Waals surface area (Å²) in [5.74, 6) is -0.340. The highest BCUT2D eigenvalue weighted by molar-refractivity contribution is 5.76. The first-order valence-corrected chi connectivity index (χ1v) is 7.43. The van der Waals surface area contributed by atoms with Gasteiger partial charge in [0.2, 0.25) is 0 Å². The van der Waals surface area contributed by atoms with E-state index >= 15 is 0 Å². The fraction of sp³-hybridized carbons (Fsp3) is 0.438. The van der Waals surface area contributed by atoms with Gasteiger partial charge in [-0.25, -0.2) is 8.78 Å². The summed E-state index contributed by atoms with van der Waals surface area (Å²) in [6.45, 7) is 0. The van der Waals surface area contributed by atoms with Gasteiger partial charge < -0.3 is 5.73 Å². The van der Waals surface area contributed by atoms with Crippen molar-refractivity contribution in [2.45, 2.75) is 38.5 Å². The monoisotopic (exact) mass is 291 g/mol. The van der Waals surface area contributed by atoms with Gasteiger partial charge in [-0.1, -0.05) is 32.1 Å². The maximum atomic E-state index is 14.0. The number of nitrogens with two attached hydrogens (primary N) is 1. The van der Waals surface area contributed by atoms with Crippen LogP contribution in [0.25, 0.3) is 11.1 Å². The van der Waals surface area contributed by atoms with Gasteiger partial charge in [0.15, 0.2) is 5.82 Å². The lowest BCUT2D eigenvalue weighted by molar-refractivity contribution is 0.354. The van der Waals surface area contributed by atoms with Crippen molar-refractivity contribution in [2.24, 2.45) is 5.92 Å². The van der Waals surface area contributed by atoms with Crippen LogP contribution in [-0.2, 0) is 6.42 Å². The summed E-state index contributed by atoms with van der Waals surface area (Å²) >= 11 is 0. The summed E-state index contributed by atoms with van der Waals surface area (Å²) in [5.41, 5.74) is 7.63. The van der Waals surface area contributed by atoms with Gasteiger partial charge in [0.25, 0.3) is 0 Å². The molecule has 1 heterocycles. The number of aromatic amines is 1. The van der Waals surface area contributed by atoms with Gasteiger partial charge in [-0.05, 0) is 24.5 Å². The highest BCUT2D eigenvalue weighted by Gasteiger charge is 2.21. The van der Waals surface area contributed by atoms with Crippen LogP contribution in [0.1, 0.15) is 37.8 Å².